The number of phenolic OH excluding ortho intramolecular Hbond substituents is 1. The molecule has 0 bridgehead atoms. The van der Waals surface area contributed by atoms with Gasteiger partial charge >= 0.3 is 0 Å². The Bertz CT molecular complexity index is 313. The lowest BCUT2D eigenvalue weighted by atomic mass is 10.0. The fourth-order valence-electron chi connectivity index (χ4n) is 1.47. The number of aromatic hydroxyl groups is 1. The van der Waals surface area contributed by atoms with Crippen LogP contribution >= 0.6 is 0 Å². The van der Waals surface area contributed by atoms with Crippen LogP contribution in [0.5, 0.6) is 5.75 Å². The Balaban J connectivity index is 2.58. The molecule has 56 valence electrons. The summed E-state index contributed by atoms with van der Waals surface area (Å²) >= 11 is 0. The highest BCUT2D eigenvalue weighted by molar-refractivity contribution is 5.63. The molecule has 0 amide bonds. The minimum atomic E-state index is 0.350. The van der Waals surface area contributed by atoms with Gasteiger partial charge in [-0.3, -0.25) is 0 Å². The fourth-order valence-corrected chi connectivity index (χ4v) is 1.47. The molecule has 1 N–H and O–H groups in total. The van der Waals surface area contributed by atoms with Gasteiger partial charge in [0.25, 0.3) is 0 Å². The van der Waals surface area contributed by atoms with Crippen LogP contribution in [0, 0.1) is 0 Å². The fraction of sp³-hybridized carbons (Fsp3) is 0.200. The molecule has 1 unspecified atom stereocenters. The van der Waals surface area contributed by atoms with Gasteiger partial charge < -0.3 is 5.11 Å². The Kier molecular flexibility index (Phi) is 1.25. The third-order valence-corrected chi connectivity index (χ3v) is 2.13. The average molecular weight is 146 g/mol. The molecular weight excluding hydrogens is 136 g/mol. The van der Waals surface area contributed by atoms with Crippen LogP contribution in [0.2, 0.25) is 0 Å². The summed E-state index contributed by atoms with van der Waals surface area (Å²) < 4.78 is 0. The normalized spacial score (nSPS) is 20.3. The highest BCUT2D eigenvalue weighted by Crippen LogP contribution is 2.31. The standard InChI is InChI=1S/C10H10O/c1-7-2-3-8-6-9(11)4-5-10(7)8/h2-7,11H,1H3. The van der Waals surface area contributed by atoms with E-state index in [0.717, 1.165) is 5.56 Å². The van der Waals surface area contributed by atoms with Crippen LogP contribution in [-0.4, -0.2) is 5.11 Å². The van der Waals surface area contributed by atoms with Gasteiger partial charge in [-0.25, -0.2) is 0 Å². The zero-order valence-corrected chi connectivity index (χ0v) is 6.41. The van der Waals surface area contributed by atoms with Crippen molar-refractivity contribution < 1.29 is 5.11 Å². The number of benzene rings is 1. The summed E-state index contributed by atoms with van der Waals surface area (Å²) in [7, 11) is 0. The molecular formula is C10H10O. The predicted molar refractivity (Wildman–Crippen MR) is 45.6 cm³/mol. The third kappa shape index (κ3) is 0.929. The first-order chi connectivity index (χ1) is 5.27. The molecule has 1 nitrogen and oxygen atoms in total. The van der Waals surface area contributed by atoms with Gasteiger partial charge in [-0.1, -0.05) is 25.1 Å². The van der Waals surface area contributed by atoms with Gasteiger partial charge in [0.2, 0.25) is 0 Å². The van der Waals surface area contributed by atoms with Crippen LogP contribution in [0.3, 0.4) is 0 Å². The number of allylic oxidation sites excluding steroid dienone is 1. The van der Waals surface area contributed by atoms with Gasteiger partial charge in [0, 0.05) is 0 Å². The molecule has 0 aliphatic heterocycles. The van der Waals surface area contributed by atoms with E-state index in [1.807, 2.05) is 6.07 Å². The second-order valence-corrected chi connectivity index (χ2v) is 2.96. The maximum atomic E-state index is 9.15. The predicted octanol–water partition coefficient (Wildman–Crippen LogP) is 2.52. The lowest BCUT2D eigenvalue weighted by Gasteiger charge is -2.03. The van der Waals surface area contributed by atoms with Gasteiger partial charge in [-0.15, -0.1) is 0 Å². The van der Waals surface area contributed by atoms with Crippen LogP contribution in [0.1, 0.15) is 24.0 Å². The molecule has 1 heteroatoms. The molecule has 1 aromatic carbocycles. The minimum absolute atomic E-state index is 0.350. The maximum absolute atomic E-state index is 9.15. The number of fused-ring (bicyclic) bond motifs is 1. The molecule has 1 aliphatic carbocycles. The van der Waals surface area contributed by atoms with Gasteiger partial charge in [-0.2, -0.15) is 0 Å². The maximum Gasteiger partial charge on any atom is 0.116 e. The molecule has 1 atom stereocenters. The quantitative estimate of drug-likeness (QED) is 0.596. The van der Waals surface area contributed by atoms with Gasteiger partial charge in [0.15, 0.2) is 0 Å². The molecule has 11 heavy (non-hydrogen) atoms. The molecule has 1 aliphatic rings. The van der Waals surface area contributed by atoms with E-state index in [0.29, 0.717) is 11.7 Å². The van der Waals surface area contributed by atoms with Crippen LogP contribution in [0.25, 0.3) is 6.08 Å². The molecule has 0 spiro atoms. The van der Waals surface area contributed by atoms with Crippen molar-refractivity contribution in [3.63, 3.8) is 0 Å². The third-order valence-electron chi connectivity index (χ3n) is 2.13. The first-order valence-corrected chi connectivity index (χ1v) is 3.78. The topological polar surface area (TPSA) is 20.2 Å². The monoisotopic (exact) mass is 146 g/mol. The Morgan fingerprint density at radius 2 is 2.18 bits per heavy atom. The van der Waals surface area contributed by atoms with Crippen molar-refractivity contribution in [3.05, 3.63) is 35.4 Å². The zero-order chi connectivity index (χ0) is 7.84. The van der Waals surface area contributed by atoms with E-state index < -0.39 is 0 Å². The van der Waals surface area contributed by atoms with E-state index in [-0.39, 0.29) is 0 Å². The molecule has 0 saturated carbocycles. The van der Waals surface area contributed by atoms with Crippen molar-refractivity contribution in [2.24, 2.45) is 0 Å². The summed E-state index contributed by atoms with van der Waals surface area (Å²) in [5, 5.41) is 9.15. The number of hydrogen-bond acceptors (Lipinski definition) is 1. The molecule has 0 aromatic heterocycles. The SMILES string of the molecule is CC1C=Cc2cc(O)ccc21. The van der Waals surface area contributed by atoms with Crippen molar-refractivity contribution in [1.29, 1.82) is 0 Å². The van der Waals surface area contributed by atoms with Crippen LogP contribution < -0.4 is 0 Å². The minimum Gasteiger partial charge on any atom is -0.508 e. The van der Waals surface area contributed by atoms with Gasteiger partial charge in [0.1, 0.15) is 5.75 Å². The van der Waals surface area contributed by atoms with Gasteiger partial charge in [0.05, 0.1) is 0 Å². The van der Waals surface area contributed by atoms with Crippen molar-refractivity contribution in [3.8, 4) is 5.75 Å². The molecule has 1 aromatic rings. The first-order valence-electron chi connectivity index (χ1n) is 3.78. The van der Waals surface area contributed by atoms with Crippen molar-refractivity contribution in [2.45, 2.75) is 12.8 Å². The molecule has 0 saturated heterocycles. The Morgan fingerprint density at radius 3 is 3.00 bits per heavy atom. The van der Waals surface area contributed by atoms with Crippen molar-refractivity contribution >= 4 is 6.08 Å². The zero-order valence-electron chi connectivity index (χ0n) is 6.41. The lowest BCUT2D eigenvalue weighted by molar-refractivity contribution is 0.475. The summed E-state index contributed by atoms with van der Waals surface area (Å²) in [5.41, 5.74) is 2.46. The highest BCUT2D eigenvalue weighted by Gasteiger charge is 2.11. The second-order valence-electron chi connectivity index (χ2n) is 2.96. The Labute approximate surface area is 66.0 Å². The smallest absolute Gasteiger partial charge is 0.116 e. The summed E-state index contributed by atoms with van der Waals surface area (Å²) in [6.07, 6.45) is 4.20. The molecule has 0 heterocycles. The average Bonchev–Trinajstić information content (AvgIpc) is 2.32. The summed E-state index contributed by atoms with van der Waals surface area (Å²) in [6.45, 7) is 2.15. The van der Waals surface area contributed by atoms with Crippen LogP contribution in [0.15, 0.2) is 24.3 Å². The largest absolute Gasteiger partial charge is 0.508 e. The number of rotatable bonds is 0. The molecule has 0 fully saturated rings. The lowest BCUT2D eigenvalue weighted by Crippen LogP contribution is -1.85. The van der Waals surface area contributed by atoms with Gasteiger partial charge in [-0.05, 0) is 29.2 Å². The molecule has 0 radical (unpaired) electrons. The van der Waals surface area contributed by atoms with E-state index in [1.54, 1.807) is 12.1 Å². The highest BCUT2D eigenvalue weighted by atomic mass is 16.3. The summed E-state index contributed by atoms with van der Waals surface area (Å²) in [6, 6.07) is 5.52. The number of phenols is 1. The Morgan fingerprint density at radius 1 is 1.36 bits per heavy atom. The van der Waals surface area contributed by atoms with E-state index in [1.165, 1.54) is 5.56 Å². The van der Waals surface area contributed by atoms with E-state index in [2.05, 4.69) is 19.1 Å². The van der Waals surface area contributed by atoms with Crippen molar-refractivity contribution in [1.82, 2.24) is 0 Å². The van der Waals surface area contributed by atoms with E-state index in [9.17, 15) is 0 Å². The first kappa shape index (κ1) is 6.47. The van der Waals surface area contributed by atoms with Crippen LogP contribution in [0.4, 0.5) is 0 Å². The number of hydrogen-bond donors (Lipinski definition) is 1. The second kappa shape index (κ2) is 2.12. The van der Waals surface area contributed by atoms with Crippen molar-refractivity contribution in [2.75, 3.05) is 0 Å². The van der Waals surface area contributed by atoms with E-state index >= 15 is 0 Å². The van der Waals surface area contributed by atoms with Crippen LogP contribution in [-0.2, 0) is 0 Å². The summed E-state index contributed by atoms with van der Waals surface area (Å²) in [5.74, 6) is 0.855. The molecule has 2 rings (SSSR count). The van der Waals surface area contributed by atoms with E-state index in [4.69, 9.17) is 5.11 Å². The Hall–Kier alpha value is -1.24. The summed E-state index contributed by atoms with van der Waals surface area (Å²) in [4.78, 5) is 0.